The second-order valence-corrected chi connectivity index (χ2v) is 8.56. The highest BCUT2D eigenvalue weighted by Crippen LogP contribution is 2.55. The van der Waals surface area contributed by atoms with E-state index in [1.54, 1.807) is 0 Å². The molecule has 0 fully saturated rings. The molecule has 2 heterocycles. The Labute approximate surface area is 171 Å². The fraction of sp³-hybridized carbons (Fsp3) is 0.185. The first-order chi connectivity index (χ1) is 14.2. The van der Waals surface area contributed by atoms with Gasteiger partial charge in [-0.2, -0.15) is 0 Å². The van der Waals surface area contributed by atoms with Crippen LogP contribution in [0.2, 0.25) is 0 Å². The molecule has 0 N–H and O–H groups in total. The normalized spacial score (nSPS) is 22.3. The van der Waals surface area contributed by atoms with Gasteiger partial charge in [-0.05, 0) is 41.5 Å². The van der Waals surface area contributed by atoms with Crippen LogP contribution in [0.3, 0.4) is 0 Å². The summed E-state index contributed by atoms with van der Waals surface area (Å²) >= 11 is 0. The monoisotopic (exact) mass is 377 g/mol. The lowest BCUT2D eigenvalue weighted by molar-refractivity contribution is 0.269. The summed E-state index contributed by atoms with van der Waals surface area (Å²) in [6.07, 6.45) is 8.74. The number of rotatable bonds is 1. The summed E-state index contributed by atoms with van der Waals surface area (Å²) in [6, 6.07) is 24.1. The quantitative estimate of drug-likeness (QED) is 0.464. The molecule has 29 heavy (non-hydrogen) atoms. The number of nitrogens with zero attached hydrogens (tertiary/aromatic N) is 1. The lowest BCUT2D eigenvalue weighted by Gasteiger charge is -2.42. The molecule has 3 aliphatic rings. The molecule has 142 valence electrons. The summed E-state index contributed by atoms with van der Waals surface area (Å²) in [5.74, 6) is 1.24. The van der Waals surface area contributed by atoms with Crippen molar-refractivity contribution < 1.29 is 4.74 Å². The van der Waals surface area contributed by atoms with E-state index in [1.807, 2.05) is 0 Å². The maximum atomic E-state index is 6.29. The lowest BCUT2D eigenvalue weighted by atomic mass is 9.73. The Kier molecular flexibility index (Phi) is 3.37. The molecule has 0 spiro atoms. The van der Waals surface area contributed by atoms with Crippen LogP contribution in [0.5, 0.6) is 5.75 Å². The van der Waals surface area contributed by atoms with E-state index in [1.165, 1.54) is 33.8 Å². The molecular formula is C27H23NO. The van der Waals surface area contributed by atoms with E-state index in [9.17, 15) is 0 Å². The van der Waals surface area contributed by atoms with Gasteiger partial charge in [-0.15, -0.1) is 0 Å². The van der Waals surface area contributed by atoms with Gasteiger partial charge in [0.15, 0.2) is 0 Å². The van der Waals surface area contributed by atoms with E-state index in [0.29, 0.717) is 0 Å². The highest BCUT2D eigenvalue weighted by molar-refractivity contribution is 5.88. The van der Waals surface area contributed by atoms with E-state index >= 15 is 0 Å². The standard InChI is InChI=1S/C27H23NO/c1-27(2)19-11-4-6-13-21(19)28(22-14-7-5-12-20(22)27)23-15-9-17-25-26(23)18-10-3-8-16-24(18)29-25/h3-18,24H,1-2H3. The summed E-state index contributed by atoms with van der Waals surface area (Å²) in [6.45, 7) is 4.65. The molecule has 3 aromatic rings. The summed E-state index contributed by atoms with van der Waals surface area (Å²) in [4.78, 5) is 2.44. The summed E-state index contributed by atoms with van der Waals surface area (Å²) in [7, 11) is 0. The van der Waals surface area contributed by atoms with Crippen molar-refractivity contribution in [3.63, 3.8) is 0 Å². The van der Waals surface area contributed by atoms with Crippen molar-refractivity contribution in [2.45, 2.75) is 31.3 Å². The van der Waals surface area contributed by atoms with E-state index in [0.717, 1.165) is 5.75 Å². The van der Waals surface area contributed by atoms with Gasteiger partial charge < -0.3 is 9.64 Å². The number of fused-ring (bicyclic) bond motifs is 5. The van der Waals surface area contributed by atoms with Crippen LogP contribution in [0.1, 0.15) is 36.5 Å². The first-order valence-corrected chi connectivity index (χ1v) is 10.3. The first-order valence-electron chi connectivity index (χ1n) is 10.3. The molecule has 2 heteroatoms. The molecule has 2 aliphatic heterocycles. The molecule has 3 aromatic carbocycles. The van der Waals surface area contributed by atoms with Crippen molar-refractivity contribution >= 4 is 17.1 Å². The maximum absolute atomic E-state index is 6.29. The van der Waals surface area contributed by atoms with Crippen molar-refractivity contribution in [1.29, 1.82) is 0 Å². The largest absolute Gasteiger partial charge is 0.485 e. The number of ether oxygens (including phenoxy) is 1. The molecule has 0 saturated heterocycles. The molecule has 2 nitrogen and oxygen atoms in total. The Morgan fingerprint density at radius 1 is 0.724 bits per heavy atom. The van der Waals surface area contributed by atoms with E-state index < -0.39 is 0 Å². The van der Waals surface area contributed by atoms with Gasteiger partial charge in [0.2, 0.25) is 0 Å². The van der Waals surface area contributed by atoms with E-state index in [2.05, 4.69) is 110 Å². The molecular weight excluding hydrogens is 354 g/mol. The zero-order valence-electron chi connectivity index (χ0n) is 16.7. The predicted molar refractivity (Wildman–Crippen MR) is 119 cm³/mol. The smallest absolute Gasteiger partial charge is 0.128 e. The molecule has 6 rings (SSSR count). The Morgan fingerprint density at radius 3 is 2.07 bits per heavy atom. The minimum atomic E-state index is -0.0475. The number of hydrogen-bond acceptors (Lipinski definition) is 2. The molecule has 0 radical (unpaired) electrons. The Balaban J connectivity index is 1.64. The maximum Gasteiger partial charge on any atom is 0.128 e. The molecule has 2 unspecified atom stereocenters. The molecule has 2 atom stereocenters. The summed E-state index contributed by atoms with van der Waals surface area (Å²) in [5.41, 5.74) is 7.66. The molecule has 0 amide bonds. The van der Waals surface area contributed by atoms with Gasteiger partial charge in [0.1, 0.15) is 11.9 Å². The van der Waals surface area contributed by atoms with Gasteiger partial charge >= 0.3 is 0 Å². The predicted octanol–water partition coefficient (Wildman–Crippen LogP) is 6.77. The number of benzene rings is 3. The SMILES string of the molecule is CC1(C)c2ccccc2N(c2cccc3c2C2C=CC=CC2O3)c2ccccc21. The van der Waals surface area contributed by atoms with Crippen LogP contribution >= 0.6 is 0 Å². The van der Waals surface area contributed by atoms with Gasteiger partial charge in [0, 0.05) is 16.9 Å². The van der Waals surface area contributed by atoms with Crippen LogP contribution in [0.4, 0.5) is 17.1 Å². The Bertz CT molecular complexity index is 1140. The fourth-order valence-electron chi connectivity index (χ4n) is 5.20. The third-order valence-electron chi connectivity index (χ3n) is 6.60. The number of hydrogen-bond donors (Lipinski definition) is 0. The number of anilines is 3. The third kappa shape index (κ3) is 2.23. The van der Waals surface area contributed by atoms with Crippen molar-refractivity contribution in [1.82, 2.24) is 0 Å². The fourth-order valence-corrected chi connectivity index (χ4v) is 5.20. The van der Waals surface area contributed by atoms with Gasteiger partial charge in [0.25, 0.3) is 0 Å². The second kappa shape index (κ2) is 5.87. The molecule has 1 aliphatic carbocycles. The van der Waals surface area contributed by atoms with Crippen molar-refractivity contribution in [3.05, 3.63) is 108 Å². The molecule has 0 saturated carbocycles. The average Bonchev–Trinajstić information content (AvgIpc) is 3.13. The minimum Gasteiger partial charge on any atom is -0.485 e. The van der Waals surface area contributed by atoms with Crippen molar-refractivity contribution in [2.75, 3.05) is 4.90 Å². The van der Waals surface area contributed by atoms with Gasteiger partial charge in [-0.1, -0.05) is 74.5 Å². The van der Waals surface area contributed by atoms with Gasteiger partial charge in [-0.25, -0.2) is 0 Å². The highest BCUT2D eigenvalue weighted by Gasteiger charge is 2.40. The van der Waals surface area contributed by atoms with Crippen LogP contribution in [0, 0.1) is 0 Å². The van der Waals surface area contributed by atoms with Crippen LogP contribution < -0.4 is 9.64 Å². The topological polar surface area (TPSA) is 12.5 Å². The summed E-state index contributed by atoms with van der Waals surface area (Å²) in [5, 5.41) is 0. The Morgan fingerprint density at radius 2 is 1.34 bits per heavy atom. The van der Waals surface area contributed by atoms with Crippen molar-refractivity contribution in [3.8, 4) is 5.75 Å². The van der Waals surface area contributed by atoms with E-state index in [-0.39, 0.29) is 17.4 Å². The van der Waals surface area contributed by atoms with Crippen LogP contribution in [0.15, 0.2) is 91.0 Å². The number of allylic oxidation sites excluding steroid dienone is 2. The minimum absolute atomic E-state index is 0.0475. The zero-order valence-corrected chi connectivity index (χ0v) is 16.7. The lowest BCUT2D eigenvalue weighted by Crippen LogP contribution is -2.31. The second-order valence-electron chi connectivity index (χ2n) is 8.56. The third-order valence-corrected chi connectivity index (χ3v) is 6.60. The van der Waals surface area contributed by atoms with Crippen LogP contribution in [-0.2, 0) is 5.41 Å². The van der Waals surface area contributed by atoms with Gasteiger partial charge in [0.05, 0.1) is 17.1 Å². The van der Waals surface area contributed by atoms with Gasteiger partial charge in [-0.3, -0.25) is 0 Å². The highest BCUT2D eigenvalue weighted by atomic mass is 16.5. The first kappa shape index (κ1) is 16.7. The van der Waals surface area contributed by atoms with Crippen LogP contribution in [-0.4, -0.2) is 6.10 Å². The van der Waals surface area contributed by atoms with E-state index in [4.69, 9.17) is 4.74 Å². The average molecular weight is 377 g/mol. The molecule has 0 aromatic heterocycles. The Hall–Kier alpha value is -3.26. The molecule has 0 bridgehead atoms. The number of para-hydroxylation sites is 2. The summed E-state index contributed by atoms with van der Waals surface area (Å²) < 4.78 is 6.29. The van der Waals surface area contributed by atoms with Crippen LogP contribution in [0.25, 0.3) is 0 Å². The van der Waals surface area contributed by atoms with Crippen molar-refractivity contribution in [2.24, 2.45) is 0 Å². The zero-order chi connectivity index (χ0) is 19.6.